The Morgan fingerprint density at radius 1 is 1.28 bits per heavy atom. The summed E-state index contributed by atoms with van der Waals surface area (Å²) in [5.41, 5.74) is 2.32. The summed E-state index contributed by atoms with van der Waals surface area (Å²) in [5.74, 6) is -0.654. The van der Waals surface area contributed by atoms with E-state index in [1.807, 2.05) is 6.07 Å². The Bertz CT molecular complexity index is 744. The molecule has 3 rings (SSSR count). The number of carbonyl (C=O) groups excluding carboxylic acids is 4. The van der Waals surface area contributed by atoms with E-state index in [2.05, 4.69) is 5.32 Å². The normalized spacial score (nSPS) is 20.3. The van der Waals surface area contributed by atoms with Gasteiger partial charge in [0, 0.05) is 31.1 Å². The van der Waals surface area contributed by atoms with Gasteiger partial charge in [0.15, 0.2) is 0 Å². The number of hydrogen-bond donors (Lipinski definition) is 1. The molecular formula is C18H21N3O4. The van der Waals surface area contributed by atoms with Gasteiger partial charge in [-0.15, -0.1) is 0 Å². The van der Waals surface area contributed by atoms with Gasteiger partial charge in [-0.3, -0.25) is 24.1 Å². The second kappa shape index (κ2) is 6.66. The van der Waals surface area contributed by atoms with Crippen molar-refractivity contribution in [3.63, 3.8) is 0 Å². The van der Waals surface area contributed by atoms with Crippen molar-refractivity contribution in [1.82, 2.24) is 15.1 Å². The van der Waals surface area contributed by atoms with Crippen LogP contribution in [0.3, 0.4) is 0 Å². The fraction of sp³-hybridized carbons (Fsp3) is 0.444. The van der Waals surface area contributed by atoms with Crippen LogP contribution in [0.2, 0.25) is 0 Å². The summed E-state index contributed by atoms with van der Waals surface area (Å²) < 4.78 is 0. The third-order valence-electron chi connectivity index (χ3n) is 4.71. The number of carbonyl (C=O) groups is 4. The Kier molecular flexibility index (Phi) is 4.57. The molecule has 1 aromatic carbocycles. The van der Waals surface area contributed by atoms with Crippen LogP contribution in [0.1, 0.15) is 48.2 Å². The molecule has 0 saturated carbocycles. The van der Waals surface area contributed by atoms with Crippen LogP contribution in [0, 0.1) is 0 Å². The van der Waals surface area contributed by atoms with E-state index in [1.165, 1.54) is 4.90 Å². The first kappa shape index (κ1) is 17.1. The zero-order chi connectivity index (χ0) is 18.1. The van der Waals surface area contributed by atoms with Crippen LogP contribution in [0.25, 0.3) is 0 Å². The first-order valence-electron chi connectivity index (χ1n) is 8.39. The van der Waals surface area contributed by atoms with E-state index < -0.39 is 6.04 Å². The fourth-order valence-electron chi connectivity index (χ4n) is 3.54. The second-order valence-electron chi connectivity index (χ2n) is 6.67. The van der Waals surface area contributed by atoms with Crippen molar-refractivity contribution in [3.05, 3.63) is 34.9 Å². The molecule has 1 N–H and O–H groups in total. The van der Waals surface area contributed by atoms with Crippen LogP contribution >= 0.6 is 0 Å². The quantitative estimate of drug-likeness (QED) is 0.633. The first-order chi connectivity index (χ1) is 11.9. The molecule has 2 heterocycles. The highest BCUT2D eigenvalue weighted by Crippen LogP contribution is 2.30. The van der Waals surface area contributed by atoms with Crippen molar-refractivity contribution in [2.24, 2.45) is 0 Å². The number of fused-ring (bicyclic) bond motifs is 1. The van der Waals surface area contributed by atoms with E-state index in [1.54, 1.807) is 30.9 Å². The number of hydrogen-bond acceptors (Lipinski definition) is 4. The van der Waals surface area contributed by atoms with E-state index in [9.17, 15) is 19.2 Å². The minimum atomic E-state index is -0.600. The van der Waals surface area contributed by atoms with Gasteiger partial charge in [-0.2, -0.15) is 0 Å². The highest BCUT2D eigenvalue weighted by atomic mass is 16.2. The van der Waals surface area contributed by atoms with Crippen molar-refractivity contribution in [2.75, 3.05) is 0 Å². The zero-order valence-corrected chi connectivity index (χ0v) is 14.3. The molecule has 7 nitrogen and oxygen atoms in total. The summed E-state index contributed by atoms with van der Waals surface area (Å²) in [6.07, 6.45) is 1.26. The Morgan fingerprint density at radius 2 is 2.04 bits per heavy atom. The van der Waals surface area contributed by atoms with Crippen molar-refractivity contribution >= 4 is 24.1 Å². The van der Waals surface area contributed by atoms with E-state index in [0.717, 1.165) is 11.1 Å². The SMILES string of the molecule is CC(C)N1C(=O)CCC(N2Cc3cc(CNC=O)ccc3C2=O)C1=O. The summed E-state index contributed by atoms with van der Waals surface area (Å²) in [6, 6.07) is 4.59. The maximum Gasteiger partial charge on any atom is 0.255 e. The molecule has 0 radical (unpaired) electrons. The van der Waals surface area contributed by atoms with Gasteiger partial charge in [0.25, 0.3) is 11.8 Å². The lowest BCUT2D eigenvalue weighted by molar-refractivity contribution is -0.154. The van der Waals surface area contributed by atoms with Crippen molar-refractivity contribution in [3.8, 4) is 0 Å². The molecule has 1 aromatic rings. The topological polar surface area (TPSA) is 86.8 Å². The van der Waals surface area contributed by atoms with Gasteiger partial charge in [-0.25, -0.2) is 0 Å². The molecule has 1 unspecified atom stereocenters. The summed E-state index contributed by atoms with van der Waals surface area (Å²) in [6.45, 7) is 4.33. The summed E-state index contributed by atoms with van der Waals surface area (Å²) in [5, 5.41) is 2.59. The zero-order valence-electron chi connectivity index (χ0n) is 14.3. The number of benzene rings is 1. The predicted octanol–water partition coefficient (Wildman–Crippen LogP) is 0.814. The molecular weight excluding hydrogens is 322 g/mol. The average molecular weight is 343 g/mol. The number of amides is 4. The highest BCUT2D eigenvalue weighted by Gasteiger charge is 2.43. The van der Waals surface area contributed by atoms with Crippen molar-refractivity contribution < 1.29 is 19.2 Å². The van der Waals surface area contributed by atoms with Gasteiger partial charge in [-0.05, 0) is 37.5 Å². The minimum Gasteiger partial charge on any atom is -0.355 e. The Hall–Kier alpha value is -2.70. The number of imide groups is 1. The van der Waals surface area contributed by atoms with E-state index in [4.69, 9.17) is 0 Å². The number of piperidine rings is 1. The van der Waals surface area contributed by atoms with Gasteiger partial charge in [0.2, 0.25) is 12.3 Å². The van der Waals surface area contributed by atoms with Gasteiger partial charge in [0.1, 0.15) is 6.04 Å². The summed E-state index contributed by atoms with van der Waals surface area (Å²) in [4.78, 5) is 50.7. The molecule has 7 heteroatoms. The lowest BCUT2D eigenvalue weighted by Crippen LogP contribution is -2.56. The third kappa shape index (κ3) is 3.01. The molecule has 1 fully saturated rings. The fourth-order valence-corrected chi connectivity index (χ4v) is 3.54. The maximum absolute atomic E-state index is 12.7. The molecule has 2 aliphatic heterocycles. The average Bonchev–Trinajstić information content (AvgIpc) is 2.89. The van der Waals surface area contributed by atoms with Crippen molar-refractivity contribution in [1.29, 1.82) is 0 Å². The summed E-state index contributed by atoms with van der Waals surface area (Å²) in [7, 11) is 0. The van der Waals surface area contributed by atoms with Crippen LogP contribution in [-0.4, -0.2) is 46.0 Å². The minimum absolute atomic E-state index is 0.178. The molecule has 0 aliphatic carbocycles. The van der Waals surface area contributed by atoms with Crippen LogP contribution in [0.4, 0.5) is 0 Å². The smallest absolute Gasteiger partial charge is 0.255 e. The molecule has 4 amide bonds. The Morgan fingerprint density at radius 3 is 2.72 bits per heavy atom. The molecule has 1 saturated heterocycles. The van der Waals surface area contributed by atoms with Gasteiger partial charge < -0.3 is 10.2 Å². The molecule has 0 spiro atoms. The Balaban J connectivity index is 1.82. The third-order valence-corrected chi connectivity index (χ3v) is 4.71. The predicted molar refractivity (Wildman–Crippen MR) is 89.2 cm³/mol. The largest absolute Gasteiger partial charge is 0.355 e. The van der Waals surface area contributed by atoms with E-state index in [0.29, 0.717) is 31.5 Å². The lowest BCUT2D eigenvalue weighted by atomic mass is 10.0. The van der Waals surface area contributed by atoms with E-state index in [-0.39, 0.29) is 30.2 Å². The second-order valence-corrected chi connectivity index (χ2v) is 6.67. The van der Waals surface area contributed by atoms with Crippen LogP contribution in [0.5, 0.6) is 0 Å². The molecule has 0 aromatic heterocycles. The summed E-state index contributed by atoms with van der Waals surface area (Å²) >= 11 is 0. The van der Waals surface area contributed by atoms with Crippen LogP contribution in [0.15, 0.2) is 18.2 Å². The van der Waals surface area contributed by atoms with Crippen LogP contribution < -0.4 is 5.32 Å². The maximum atomic E-state index is 12.7. The molecule has 132 valence electrons. The number of rotatable bonds is 5. The van der Waals surface area contributed by atoms with Crippen LogP contribution in [-0.2, 0) is 27.5 Å². The molecule has 2 aliphatic rings. The Labute approximate surface area is 146 Å². The number of nitrogens with one attached hydrogen (secondary N) is 1. The standard InChI is InChI=1S/C18H21N3O4/c1-11(2)21-16(23)6-5-15(18(21)25)20-9-13-7-12(8-19-10-22)3-4-14(13)17(20)24/h3-4,7,10-11,15H,5-6,8-9H2,1-2H3,(H,19,22). The number of nitrogens with zero attached hydrogens (tertiary/aromatic N) is 2. The first-order valence-corrected chi connectivity index (χ1v) is 8.39. The monoisotopic (exact) mass is 343 g/mol. The van der Waals surface area contributed by atoms with Gasteiger partial charge >= 0.3 is 0 Å². The van der Waals surface area contributed by atoms with E-state index >= 15 is 0 Å². The lowest BCUT2D eigenvalue weighted by Gasteiger charge is -2.37. The number of likely N-dealkylation sites (tertiary alicyclic amines) is 1. The van der Waals surface area contributed by atoms with Gasteiger partial charge in [-0.1, -0.05) is 12.1 Å². The van der Waals surface area contributed by atoms with Gasteiger partial charge in [0.05, 0.1) is 0 Å². The highest BCUT2D eigenvalue weighted by molar-refractivity contribution is 6.05. The molecule has 0 bridgehead atoms. The van der Waals surface area contributed by atoms with Crippen molar-refractivity contribution in [2.45, 2.75) is 51.9 Å². The molecule has 1 atom stereocenters. The molecule has 25 heavy (non-hydrogen) atoms.